The Kier molecular flexibility index (Phi) is 2.73. The number of benzene rings is 1. The standard InChI is InChI=1S/C13H14N2OS/c1-16-10-5-2-4-9(8-10)14-13-15-11-6-3-7-12(11)17-13/h2,4-5,8H,3,6-7H2,1H3,(H,14,15). The third-order valence-electron chi connectivity index (χ3n) is 2.92. The van der Waals surface area contributed by atoms with Crippen molar-refractivity contribution in [3.05, 3.63) is 34.8 Å². The number of thiazole rings is 1. The van der Waals surface area contributed by atoms with Crippen molar-refractivity contribution in [1.82, 2.24) is 4.98 Å². The van der Waals surface area contributed by atoms with Crippen molar-refractivity contribution in [2.75, 3.05) is 12.4 Å². The molecule has 0 saturated carbocycles. The Morgan fingerprint density at radius 3 is 3.12 bits per heavy atom. The molecule has 0 spiro atoms. The third kappa shape index (κ3) is 2.13. The van der Waals surface area contributed by atoms with E-state index in [1.165, 1.54) is 23.4 Å². The van der Waals surface area contributed by atoms with Gasteiger partial charge in [0.15, 0.2) is 5.13 Å². The van der Waals surface area contributed by atoms with E-state index >= 15 is 0 Å². The Bertz CT molecular complexity index is 514. The van der Waals surface area contributed by atoms with Crippen LogP contribution in [-0.4, -0.2) is 12.1 Å². The van der Waals surface area contributed by atoms with E-state index in [-0.39, 0.29) is 0 Å². The Balaban J connectivity index is 1.81. The topological polar surface area (TPSA) is 34.1 Å². The molecule has 1 aliphatic carbocycles. The first kappa shape index (κ1) is 10.6. The highest BCUT2D eigenvalue weighted by atomic mass is 32.1. The molecule has 17 heavy (non-hydrogen) atoms. The van der Waals surface area contributed by atoms with Crippen LogP contribution >= 0.6 is 11.3 Å². The first-order chi connectivity index (χ1) is 8.35. The lowest BCUT2D eigenvalue weighted by atomic mass is 10.3. The summed E-state index contributed by atoms with van der Waals surface area (Å²) in [7, 11) is 1.68. The molecule has 0 radical (unpaired) electrons. The molecule has 2 aromatic rings. The quantitative estimate of drug-likeness (QED) is 0.901. The Morgan fingerprint density at radius 1 is 1.35 bits per heavy atom. The van der Waals surface area contributed by atoms with E-state index in [4.69, 9.17) is 4.74 Å². The van der Waals surface area contributed by atoms with Gasteiger partial charge in [-0.1, -0.05) is 6.07 Å². The molecule has 4 heteroatoms. The summed E-state index contributed by atoms with van der Waals surface area (Å²) in [5, 5.41) is 4.32. The SMILES string of the molecule is COc1cccc(Nc2nc3c(s2)CCC3)c1. The number of anilines is 2. The van der Waals surface area contributed by atoms with Gasteiger partial charge in [0, 0.05) is 16.6 Å². The van der Waals surface area contributed by atoms with Crippen molar-refractivity contribution in [1.29, 1.82) is 0 Å². The molecule has 1 heterocycles. The van der Waals surface area contributed by atoms with Crippen LogP contribution in [0.3, 0.4) is 0 Å². The van der Waals surface area contributed by atoms with Crippen LogP contribution in [0.15, 0.2) is 24.3 Å². The molecule has 0 fully saturated rings. The summed E-state index contributed by atoms with van der Waals surface area (Å²) < 4.78 is 5.20. The second-order valence-electron chi connectivity index (χ2n) is 4.10. The number of hydrogen-bond donors (Lipinski definition) is 1. The number of methoxy groups -OCH3 is 1. The van der Waals surface area contributed by atoms with E-state index in [9.17, 15) is 0 Å². The van der Waals surface area contributed by atoms with Crippen molar-refractivity contribution in [2.45, 2.75) is 19.3 Å². The van der Waals surface area contributed by atoms with Crippen LogP contribution in [0.25, 0.3) is 0 Å². The monoisotopic (exact) mass is 246 g/mol. The van der Waals surface area contributed by atoms with Crippen molar-refractivity contribution in [3.8, 4) is 5.75 Å². The van der Waals surface area contributed by atoms with Crippen LogP contribution in [0.5, 0.6) is 5.75 Å². The van der Waals surface area contributed by atoms with E-state index in [0.717, 1.165) is 23.0 Å². The fraction of sp³-hybridized carbons (Fsp3) is 0.308. The first-order valence-electron chi connectivity index (χ1n) is 5.75. The normalized spacial score (nSPS) is 13.5. The fourth-order valence-electron chi connectivity index (χ4n) is 2.07. The lowest BCUT2D eigenvalue weighted by Crippen LogP contribution is -1.91. The molecule has 1 aromatic carbocycles. The van der Waals surface area contributed by atoms with Gasteiger partial charge in [-0.2, -0.15) is 0 Å². The molecule has 0 unspecified atom stereocenters. The average Bonchev–Trinajstić information content (AvgIpc) is 2.90. The summed E-state index contributed by atoms with van der Waals surface area (Å²) in [4.78, 5) is 6.05. The zero-order chi connectivity index (χ0) is 11.7. The summed E-state index contributed by atoms with van der Waals surface area (Å²) >= 11 is 1.77. The predicted molar refractivity (Wildman–Crippen MR) is 70.4 cm³/mol. The summed E-state index contributed by atoms with van der Waals surface area (Å²) in [5.74, 6) is 0.860. The minimum Gasteiger partial charge on any atom is -0.497 e. The zero-order valence-electron chi connectivity index (χ0n) is 9.69. The molecule has 88 valence electrons. The van der Waals surface area contributed by atoms with Crippen LogP contribution in [0.2, 0.25) is 0 Å². The van der Waals surface area contributed by atoms with Gasteiger partial charge in [0.25, 0.3) is 0 Å². The largest absolute Gasteiger partial charge is 0.497 e. The van der Waals surface area contributed by atoms with Crippen LogP contribution in [0, 0.1) is 0 Å². The van der Waals surface area contributed by atoms with Gasteiger partial charge >= 0.3 is 0 Å². The highest BCUT2D eigenvalue weighted by molar-refractivity contribution is 7.15. The molecule has 0 atom stereocenters. The van der Waals surface area contributed by atoms with E-state index in [2.05, 4.69) is 10.3 Å². The van der Waals surface area contributed by atoms with Crippen LogP contribution in [0.1, 0.15) is 17.0 Å². The number of aromatic nitrogens is 1. The van der Waals surface area contributed by atoms with Gasteiger partial charge in [0.1, 0.15) is 5.75 Å². The molecule has 0 saturated heterocycles. The highest BCUT2D eigenvalue weighted by Crippen LogP contribution is 2.32. The van der Waals surface area contributed by atoms with Crippen molar-refractivity contribution in [3.63, 3.8) is 0 Å². The average molecular weight is 246 g/mol. The van der Waals surface area contributed by atoms with Gasteiger partial charge in [-0.05, 0) is 31.4 Å². The summed E-state index contributed by atoms with van der Waals surface area (Å²) in [6.07, 6.45) is 3.58. The van der Waals surface area contributed by atoms with Crippen LogP contribution in [0.4, 0.5) is 10.8 Å². The molecule has 3 nitrogen and oxygen atoms in total. The van der Waals surface area contributed by atoms with Gasteiger partial charge in [-0.25, -0.2) is 4.98 Å². The van der Waals surface area contributed by atoms with E-state index in [1.807, 2.05) is 24.3 Å². The number of rotatable bonds is 3. The number of nitrogens with one attached hydrogen (secondary N) is 1. The maximum atomic E-state index is 5.20. The zero-order valence-corrected chi connectivity index (χ0v) is 10.5. The van der Waals surface area contributed by atoms with Crippen molar-refractivity contribution < 1.29 is 4.74 Å². The number of nitrogens with zero attached hydrogens (tertiary/aromatic N) is 1. The Hall–Kier alpha value is -1.55. The Labute approximate surface area is 104 Å². The highest BCUT2D eigenvalue weighted by Gasteiger charge is 2.16. The van der Waals surface area contributed by atoms with Crippen LogP contribution in [-0.2, 0) is 12.8 Å². The molecular formula is C13H14N2OS. The van der Waals surface area contributed by atoms with E-state index < -0.39 is 0 Å². The van der Waals surface area contributed by atoms with Gasteiger partial charge in [-0.15, -0.1) is 11.3 Å². The Morgan fingerprint density at radius 2 is 2.29 bits per heavy atom. The van der Waals surface area contributed by atoms with E-state index in [1.54, 1.807) is 18.4 Å². The smallest absolute Gasteiger partial charge is 0.187 e. The third-order valence-corrected chi connectivity index (χ3v) is 3.99. The molecule has 0 bridgehead atoms. The summed E-state index contributed by atoms with van der Waals surface area (Å²) in [6, 6.07) is 7.91. The minimum absolute atomic E-state index is 0.860. The van der Waals surface area contributed by atoms with Gasteiger partial charge in [0.2, 0.25) is 0 Å². The summed E-state index contributed by atoms with van der Waals surface area (Å²) in [6.45, 7) is 0. The molecular weight excluding hydrogens is 232 g/mol. The molecule has 1 N–H and O–H groups in total. The lowest BCUT2D eigenvalue weighted by molar-refractivity contribution is 0.415. The molecule has 1 aromatic heterocycles. The van der Waals surface area contributed by atoms with Crippen molar-refractivity contribution >= 4 is 22.2 Å². The van der Waals surface area contributed by atoms with E-state index in [0.29, 0.717) is 0 Å². The minimum atomic E-state index is 0.860. The molecule has 0 aliphatic heterocycles. The summed E-state index contributed by atoms with van der Waals surface area (Å²) in [5.41, 5.74) is 2.30. The molecule has 3 rings (SSSR count). The number of hydrogen-bond acceptors (Lipinski definition) is 4. The van der Waals surface area contributed by atoms with Gasteiger partial charge < -0.3 is 10.1 Å². The number of aryl methyl sites for hydroxylation is 2. The lowest BCUT2D eigenvalue weighted by Gasteiger charge is -2.04. The number of fused-ring (bicyclic) bond motifs is 1. The molecule has 1 aliphatic rings. The van der Waals surface area contributed by atoms with Crippen molar-refractivity contribution in [2.24, 2.45) is 0 Å². The molecule has 0 amide bonds. The first-order valence-corrected chi connectivity index (χ1v) is 6.56. The van der Waals surface area contributed by atoms with Gasteiger partial charge in [0.05, 0.1) is 12.8 Å². The fourth-order valence-corrected chi connectivity index (χ4v) is 3.14. The predicted octanol–water partition coefficient (Wildman–Crippen LogP) is 3.38. The van der Waals surface area contributed by atoms with Gasteiger partial charge in [-0.3, -0.25) is 0 Å². The number of ether oxygens (including phenoxy) is 1. The second kappa shape index (κ2) is 4.37. The maximum Gasteiger partial charge on any atom is 0.187 e. The second-order valence-corrected chi connectivity index (χ2v) is 5.18. The van der Waals surface area contributed by atoms with Crippen LogP contribution < -0.4 is 10.1 Å². The maximum absolute atomic E-state index is 5.20.